The zero-order valence-corrected chi connectivity index (χ0v) is 11.8. The normalized spacial score (nSPS) is 10.5. The van der Waals surface area contributed by atoms with Gasteiger partial charge in [-0.05, 0) is 0 Å². The minimum atomic E-state index is 1.28. The quantitative estimate of drug-likeness (QED) is 0.702. The van der Waals surface area contributed by atoms with E-state index in [2.05, 4.69) is 73.2 Å². The molecule has 2 rings (SSSR count). The van der Waals surface area contributed by atoms with Gasteiger partial charge < -0.3 is 0 Å². The Hall–Kier alpha value is -1.04. The van der Waals surface area contributed by atoms with Crippen molar-refractivity contribution < 1.29 is 0 Å². The number of aryl methyl sites for hydroxylation is 3. The molecule has 0 aliphatic heterocycles. The van der Waals surface area contributed by atoms with Crippen LogP contribution in [-0.2, 0) is 0 Å². The summed E-state index contributed by atoms with van der Waals surface area (Å²) >= 11 is 2.66. The average Bonchev–Trinajstić information content (AvgIpc) is 2.19. The fraction of sp³-hybridized carbons (Fsp3) is 0.200. The van der Waals surface area contributed by atoms with Gasteiger partial charge in [0.2, 0.25) is 0 Å². The van der Waals surface area contributed by atoms with E-state index >= 15 is 0 Å². The molecule has 0 nitrogen and oxygen atoms in total. The van der Waals surface area contributed by atoms with Crippen LogP contribution in [0.2, 0.25) is 0 Å². The first-order valence-electron chi connectivity index (χ1n) is 5.46. The standard InChI is InChI=1S/C15H16Se/c1-10-8-11(2)15(12(3)9-10)13-6-4-5-7-14(13)16/h4-9,16H,1-3H3. The summed E-state index contributed by atoms with van der Waals surface area (Å²) in [5.41, 5.74) is 6.76. The zero-order valence-electron chi connectivity index (χ0n) is 9.91. The molecule has 0 spiro atoms. The molecule has 0 atom stereocenters. The van der Waals surface area contributed by atoms with Gasteiger partial charge in [-0.3, -0.25) is 0 Å². The Bertz CT molecular complexity index is 504. The molecule has 0 bridgehead atoms. The van der Waals surface area contributed by atoms with E-state index in [4.69, 9.17) is 0 Å². The number of hydrogen-bond acceptors (Lipinski definition) is 0. The Kier molecular flexibility index (Phi) is 3.18. The van der Waals surface area contributed by atoms with Crippen LogP contribution in [-0.4, -0.2) is 16.0 Å². The van der Waals surface area contributed by atoms with E-state index in [1.807, 2.05) is 0 Å². The van der Waals surface area contributed by atoms with Gasteiger partial charge in [-0.1, -0.05) is 0 Å². The topological polar surface area (TPSA) is 0 Å². The Morgan fingerprint density at radius 1 is 0.875 bits per heavy atom. The minimum absolute atomic E-state index is 1.28. The van der Waals surface area contributed by atoms with Gasteiger partial charge in [0, 0.05) is 0 Å². The average molecular weight is 275 g/mol. The van der Waals surface area contributed by atoms with Gasteiger partial charge >= 0.3 is 105 Å². The number of benzene rings is 2. The van der Waals surface area contributed by atoms with Crippen LogP contribution in [0.25, 0.3) is 11.1 Å². The van der Waals surface area contributed by atoms with Crippen molar-refractivity contribution in [1.29, 1.82) is 0 Å². The second-order valence-corrected chi connectivity index (χ2v) is 5.30. The fourth-order valence-corrected chi connectivity index (χ4v) is 2.86. The first-order chi connectivity index (χ1) is 7.59. The molecule has 0 unspecified atom stereocenters. The van der Waals surface area contributed by atoms with E-state index < -0.39 is 0 Å². The monoisotopic (exact) mass is 276 g/mol. The van der Waals surface area contributed by atoms with Crippen molar-refractivity contribution in [2.45, 2.75) is 20.8 Å². The van der Waals surface area contributed by atoms with Crippen LogP contribution in [0.5, 0.6) is 0 Å². The van der Waals surface area contributed by atoms with E-state index in [-0.39, 0.29) is 0 Å². The summed E-state index contributed by atoms with van der Waals surface area (Å²) in [5.74, 6) is 0. The molecule has 0 aromatic heterocycles. The molecule has 0 heterocycles. The summed E-state index contributed by atoms with van der Waals surface area (Å²) in [6.45, 7) is 6.53. The fourth-order valence-electron chi connectivity index (χ4n) is 2.29. The molecular weight excluding hydrogens is 259 g/mol. The molecule has 0 radical (unpaired) electrons. The van der Waals surface area contributed by atoms with Crippen LogP contribution in [0, 0.1) is 20.8 Å². The molecule has 0 amide bonds. The third-order valence-corrected chi connectivity index (χ3v) is 3.67. The van der Waals surface area contributed by atoms with Crippen molar-refractivity contribution in [2.24, 2.45) is 0 Å². The van der Waals surface area contributed by atoms with Crippen molar-refractivity contribution in [3.8, 4) is 11.1 Å². The maximum atomic E-state index is 2.66. The molecule has 0 aliphatic rings. The maximum absolute atomic E-state index is 2.66. The second kappa shape index (κ2) is 4.45. The Labute approximate surface area is 106 Å². The molecule has 16 heavy (non-hydrogen) atoms. The third-order valence-electron chi connectivity index (χ3n) is 2.85. The van der Waals surface area contributed by atoms with E-state index in [9.17, 15) is 0 Å². The predicted molar refractivity (Wildman–Crippen MR) is 72.9 cm³/mol. The van der Waals surface area contributed by atoms with Crippen LogP contribution < -0.4 is 4.46 Å². The summed E-state index contributed by atoms with van der Waals surface area (Å²) in [4.78, 5) is 0. The molecule has 0 saturated carbocycles. The van der Waals surface area contributed by atoms with Gasteiger partial charge in [0.25, 0.3) is 0 Å². The van der Waals surface area contributed by atoms with Crippen LogP contribution in [0.1, 0.15) is 16.7 Å². The molecule has 82 valence electrons. The molecule has 1 heteroatoms. The van der Waals surface area contributed by atoms with Crippen molar-refractivity contribution >= 4 is 20.5 Å². The molecule has 2 aromatic carbocycles. The zero-order chi connectivity index (χ0) is 11.7. The van der Waals surface area contributed by atoms with Crippen molar-refractivity contribution in [3.63, 3.8) is 0 Å². The Morgan fingerprint density at radius 3 is 2.00 bits per heavy atom. The summed E-state index contributed by atoms with van der Waals surface area (Å²) in [7, 11) is 0. The molecule has 0 N–H and O–H groups in total. The number of rotatable bonds is 1. The van der Waals surface area contributed by atoms with Crippen LogP contribution in [0.15, 0.2) is 36.4 Å². The molecule has 0 fully saturated rings. The molecule has 2 aromatic rings. The first-order valence-corrected chi connectivity index (χ1v) is 6.39. The van der Waals surface area contributed by atoms with E-state index in [0.717, 1.165) is 0 Å². The Morgan fingerprint density at radius 2 is 1.44 bits per heavy atom. The summed E-state index contributed by atoms with van der Waals surface area (Å²) in [6, 6.07) is 13.0. The summed E-state index contributed by atoms with van der Waals surface area (Å²) < 4.78 is 1.28. The van der Waals surface area contributed by atoms with Gasteiger partial charge in [-0.2, -0.15) is 0 Å². The predicted octanol–water partition coefficient (Wildman–Crippen LogP) is 2.80. The van der Waals surface area contributed by atoms with Crippen molar-refractivity contribution in [3.05, 3.63) is 53.1 Å². The Balaban J connectivity index is 2.70. The van der Waals surface area contributed by atoms with E-state index in [1.165, 1.54) is 32.3 Å². The van der Waals surface area contributed by atoms with Gasteiger partial charge in [-0.25, -0.2) is 0 Å². The first kappa shape index (κ1) is 11.4. The van der Waals surface area contributed by atoms with Gasteiger partial charge in [0.05, 0.1) is 0 Å². The summed E-state index contributed by atoms with van der Waals surface area (Å²) in [6.07, 6.45) is 0. The van der Waals surface area contributed by atoms with Gasteiger partial charge in [0.15, 0.2) is 0 Å². The van der Waals surface area contributed by atoms with Gasteiger partial charge in [-0.15, -0.1) is 0 Å². The van der Waals surface area contributed by atoms with E-state index in [1.54, 1.807) is 0 Å². The SMILES string of the molecule is Cc1cc(C)c(-c2ccccc2[SeH])c(C)c1. The van der Waals surface area contributed by atoms with Gasteiger partial charge in [0.1, 0.15) is 0 Å². The third kappa shape index (κ3) is 2.07. The van der Waals surface area contributed by atoms with Crippen LogP contribution in [0.4, 0.5) is 0 Å². The summed E-state index contributed by atoms with van der Waals surface area (Å²) in [5, 5.41) is 0. The molecular formula is C15H16Se. The van der Waals surface area contributed by atoms with Crippen LogP contribution in [0.3, 0.4) is 0 Å². The van der Waals surface area contributed by atoms with Crippen LogP contribution >= 0.6 is 0 Å². The number of hydrogen-bond donors (Lipinski definition) is 0. The molecule has 0 aliphatic carbocycles. The second-order valence-electron chi connectivity index (χ2n) is 4.29. The molecule has 0 saturated heterocycles. The van der Waals surface area contributed by atoms with Crippen molar-refractivity contribution in [2.75, 3.05) is 0 Å². The van der Waals surface area contributed by atoms with Crippen molar-refractivity contribution in [1.82, 2.24) is 0 Å². The van der Waals surface area contributed by atoms with E-state index in [0.29, 0.717) is 0 Å².